The van der Waals surface area contributed by atoms with E-state index in [-0.39, 0.29) is 60.7 Å². The van der Waals surface area contributed by atoms with Crippen LogP contribution in [0.1, 0.15) is 62.1 Å². The predicted octanol–water partition coefficient (Wildman–Crippen LogP) is 3.62. The summed E-state index contributed by atoms with van der Waals surface area (Å²) in [7, 11) is 0. The number of nitrogens with zero attached hydrogens (tertiary/aromatic N) is 8. The summed E-state index contributed by atoms with van der Waals surface area (Å²) in [5.74, 6) is -1.45. The van der Waals surface area contributed by atoms with Gasteiger partial charge in [-0.15, -0.1) is 0 Å². The Morgan fingerprint density at radius 2 is 1.46 bits per heavy atom. The van der Waals surface area contributed by atoms with Gasteiger partial charge in [-0.1, -0.05) is 42.5 Å². The van der Waals surface area contributed by atoms with Crippen molar-refractivity contribution >= 4 is 75.4 Å². The van der Waals surface area contributed by atoms with E-state index in [1.807, 2.05) is 58.3 Å². The van der Waals surface area contributed by atoms with Gasteiger partial charge in [-0.2, -0.15) is 0 Å². The number of imide groups is 2. The number of anilines is 4. The molecule has 0 bridgehead atoms. The molecule has 19 nitrogen and oxygen atoms in total. The smallest absolute Gasteiger partial charge is 0.278 e. The van der Waals surface area contributed by atoms with Crippen molar-refractivity contribution in [3.63, 3.8) is 0 Å². The van der Waals surface area contributed by atoms with Crippen molar-refractivity contribution in [2.24, 2.45) is 5.92 Å². The van der Waals surface area contributed by atoms with Crippen molar-refractivity contribution in [3.8, 4) is 0 Å². The standard InChI is InChI=1S/C51H54N12O7/c64-42-14-13-41(50(69)58-42)63-46(68)29-40(51(63)70)55-36-8-4-7-34(23-36)26-45(67)60-17-15-33(16-18-60)25-44(66)61-21-19-59(20-22-61)38-11-9-35(10-12-38)57-48-47-49(53-30-52-48)62(31-54-47)39-27-37(28-39)56-43(65)24-32-5-2-1-3-6-32/h1-12,23,29-31,33,37,39,41,55H,13-22,24-28H2,(H,56,65)(H,52,53,57)(H,58,64,69)/t37?,39?,41-/m0/s1. The molecule has 1 aliphatic carbocycles. The van der Waals surface area contributed by atoms with Gasteiger partial charge in [0.1, 0.15) is 18.1 Å². The molecule has 3 aromatic carbocycles. The quantitative estimate of drug-likeness (QED) is 0.117. The van der Waals surface area contributed by atoms with Gasteiger partial charge in [-0.25, -0.2) is 15.0 Å². The topological polar surface area (TPSA) is 224 Å². The summed E-state index contributed by atoms with van der Waals surface area (Å²) in [4.78, 5) is 110. The molecule has 3 saturated heterocycles. The monoisotopic (exact) mass is 946 g/mol. The highest BCUT2D eigenvalue weighted by atomic mass is 16.2. The third-order valence-corrected chi connectivity index (χ3v) is 14.0. The number of carbonyl (C=O) groups is 7. The number of carbonyl (C=O) groups excluding carboxylic acids is 7. The molecule has 1 saturated carbocycles. The first kappa shape index (κ1) is 45.8. The molecule has 0 radical (unpaired) electrons. The number of imidazole rings is 1. The first-order valence-corrected chi connectivity index (χ1v) is 24.0. The Hall–Kier alpha value is -7.96. The maximum atomic E-state index is 13.5. The lowest BCUT2D eigenvalue weighted by Crippen LogP contribution is -2.54. The minimum absolute atomic E-state index is 0.00620. The number of rotatable bonds is 14. The van der Waals surface area contributed by atoms with E-state index in [0.29, 0.717) is 56.0 Å². The molecule has 1 atom stereocenters. The van der Waals surface area contributed by atoms with Crippen LogP contribution in [0.5, 0.6) is 0 Å². The van der Waals surface area contributed by atoms with Crippen molar-refractivity contribution in [3.05, 3.63) is 114 Å². The zero-order valence-electron chi connectivity index (χ0n) is 38.6. The van der Waals surface area contributed by atoms with Crippen LogP contribution < -0.4 is 26.2 Å². The molecule has 360 valence electrons. The zero-order valence-corrected chi connectivity index (χ0v) is 38.6. The molecule has 70 heavy (non-hydrogen) atoms. The lowest BCUT2D eigenvalue weighted by Gasteiger charge is -2.37. The molecule has 2 aromatic heterocycles. The number of piperidine rings is 2. The lowest BCUT2D eigenvalue weighted by atomic mass is 9.86. The average Bonchev–Trinajstić information content (AvgIpc) is 3.90. The Morgan fingerprint density at radius 1 is 0.714 bits per heavy atom. The summed E-state index contributed by atoms with van der Waals surface area (Å²) in [6, 6.07) is 24.2. The third-order valence-electron chi connectivity index (χ3n) is 14.0. The molecule has 6 heterocycles. The SMILES string of the molecule is O=C1CC[C@H](N2C(=O)C=C(Nc3cccc(CC(=O)N4CCC(CC(=O)N5CCN(c6ccc(Nc7ncnc8c7ncn8C7CC(NC(=O)Cc8ccccc8)C7)cc6)CC5)CC4)c3)C2=O)C(=O)N1. The van der Waals surface area contributed by atoms with E-state index in [4.69, 9.17) is 0 Å². The minimum Gasteiger partial charge on any atom is -0.368 e. The number of nitrogens with one attached hydrogen (secondary N) is 4. The van der Waals surface area contributed by atoms with Crippen LogP contribution in [0.15, 0.2) is 103 Å². The highest BCUT2D eigenvalue weighted by molar-refractivity contribution is 6.20. The Morgan fingerprint density at radius 3 is 2.21 bits per heavy atom. The van der Waals surface area contributed by atoms with Crippen molar-refractivity contribution < 1.29 is 33.6 Å². The van der Waals surface area contributed by atoms with Gasteiger partial charge in [0.15, 0.2) is 17.0 Å². The van der Waals surface area contributed by atoms with E-state index in [9.17, 15) is 33.6 Å². The van der Waals surface area contributed by atoms with Crippen LogP contribution in [0.2, 0.25) is 0 Å². The number of aromatic nitrogens is 4. The van der Waals surface area contributed by atoms with E-state index in [1.54, 1.807) is 30.9 Å². The summed E-state index contributed by atoms with van der Waals surface area (Å²) in [6.45, 7) is 3.84. The minimum atomic E-state index is -1.05. The van der Waals surface area contributed by atoms with Crippen LogP contribution in [0, 0.1) is 5.92 Å². The number of piperazine rings is 1. The van der Waals surface area contributed by atoms with Crippen LogP contribution in [0.3, 0.4) is 0 Å². The van der Waals surface area contributed by atoms with Gasteiger partial charge >= 0.3 is 0 Å². The molecular formula is C51H54N12O7. The number of benzene rings is 3. The number of hydrogen-bond donors (Lipinski definition) is 4. The summed E-state index contributed by atoms with van der Waals surface area (Å²) in [5.41, 5.74) is 5.61. The van der Waals surface area contributed by atoms with Crippen LogP contribution in [-0.4, -0.2) is 127 Å². The average molecular weight is 947 g/mol. The molecular weight excluding hydrogens is 893 g/mol. The van der Waals surface area contributed by atoms with Crippen LogP contribution in [0.4, 0.5) is 22.9 Å². The molecule has 4 aliphatic heterocycles. The van der Waals surface area contributed by atoms with Crippen LogP contribution in [0.25, 0.3) is 11.2 Å². The number of likely N-dealkylation sites (tertiary alicyclic amines) is 1. The van der Waals surface area contributed by atoms with E-state index < -0.39 is 29.7 Å². The Kier molecular flexibility index (Phi) is 13.0. The molecule has 0 spiro atoms. The van der Waals surface area contributed by atoms with E-state index >= 15 is 0 Å². The molecule has 19 heteroatoms. The fraction of sp³-hybridized carbons (Fsp3) is 0.373. The van der Waals surface area contributed by atoms with E-state index in [0.717, 1.165) is 77.9 Å². The van der Waals surface area contributed by atoms with Crippen LogP contribution >= 0.6 is 0 Å². The van der Waals surface area contributed by atoms with Crippen molar-refractivity contribution in [2.75, 3.05) is 54.8 Å². The molecule has 5 aromatic rings. The van der Waals surface area contributed by atoms with Crippen molar-refractivity contribution in [1.29, 1.82) is 0 Å². The van der Waals surface area contributed by atoms with E-state index in [2.05, 4.69) is 57.8 Å². The van der Waals surface area contributed by atoms with Gasteiger partial charge in [0, 0.05) is 87.3 Å². The highest BCUT2D eigenvalue weighted by Crippen LogP contribution is 2.36. The second-order valence-corrected chi connectivity index (χ2v) is 18.7. The fourth-order valence-corrected chi connectivity index (χ4v) is 10.1. The largest absolute Gasteiger partial charge is 0.368 e. The van der Waals surface area contributed by atoms with Crippen LogP contribution in [-0.2, 0) is 46.4 Å². The third kappa shape index (κ3) is 10.1. The van der Waals surface area contributed by atoms with Crippen molar-refractivity contribution in [2.45, 2.75) is 75.9 Å². The molecule has 4 fully saturated rings. The van der Waals surface area contributed by atoms with E-state index in [1.165, 1.54) is 0 Å². The van der Waals surface area contributed by atoms with Gasteiger partial charge in [-0.3, -0.25) is 43.8 Å². The van der Waals surface area contributed by atoms with Gasteiger partial charge in [0.05, 0.1) is 19.2 Å². The normalized spacial score (nSPS) is 20.8. The Bertz CT molecular complexity index is 2860. The maximum absolute atomic E-state index is 13.5. The fourth-order valence-electron chi connectivity index (χ4n) is 10.1. The predicted molar refractivity (Wildman–Crippen MR) is 258 cm³/mol. The van der Waals surface area contributed by atoms with Crippen molar-refractivity contribution in [1.82, 2.24) is 44.9 Å². The summed E-state index contributed by atoms with van der Waals surface area (Å²) < 4.78 is 2.07. The second kappa shape index (κ2) is 19.9. The molecule has 4 N–H and O–H groups in total. The first-order chi connectivity index (χ1) is 34.0. The lowest BCUT2D eigenvalue weighted by molar-refractivity contribution is -0.149. The summed E-state index contributed by atoms with van der Waals surface area (Å²) in [6.07, 6.45) is 8.67. The molecule has 7 amide bonds. The van der Waals surface area contributed by atoms with Gasteiger partial charge in [-0.05, 0) is 85.5 Å². The van der Waals surface area contributed by atoms with Gasteiger partial charge < -0.3 is 35.2 Å². The number of hydrogen-bond acceptors (Lipinski definition) is 13. The van der Waals surface area contributed by atoms with Gasteiger partial charge in [0.25, 0.3) is 11.8 Å². The highest BCUT2D eigenvalue weighted by Gasteiger charge is 2.42. The van der Waals surface area contributed by atoms with Gasteiger partial charge in [0.2, 0.25) is 29.5 Å². The molecule has 0 unspecified atom stereocenters. The first-order valence-electron chi connectivity index (χ1n) is 24.0. The zero-order chi connectivity index (χ0) is 48.3. The Labute approximate surface area is 403 Å². The maximum Gasteiger partial charge on any atom is 0.278 e. The Balaban J connectivity index is 0.640. The summed E-state index contributed by atoms with van der Waals surface area (Å²) >= 11 is 0. The molecule has 10 rings (SSSR count). The number of fused-ring (bicyclic) bond motifs is 1. The second-order valence-electron chi connectivity index (χ2n) is 18.7. The molecule has 5 aliphatic rings. The number of amides is 7. The summed E-state index contributed by atoms with van der Waals surface area (Å²) in [5, 5.41) is 11.7.